The summed E-state index contributed by atoms with van der Waals surface area (Å²) >= 11 is 0. The van der Waals surface area contributed by atoms with Gasteiger partial charge in [0.25, 0.3) is 0 Å². The number of para-hydroxylation sites is 1. The van der Waals surface area contributed by atoms with Crippen molar-refractivity contribution in [3.63, 3.8) is 0 Å². The molecule has 0 bridgehead atoms. The summed E-state index contributed by atoms with van der Waals surface area (Å²) in [4.78, 5) is 8.93. The highest BCUT2D eigenvalue weighted by Gasteiger charge is 2.26. The summed E-state index contributed by atoms with van der Waals surface area (Å²) in [5.41, 5.74) is 1.61. The molecule has 26 heavy (non-hydrogen) atoms. The Balaban J connectivity index is 1.42. The van der Waals surface area contributed by atoms with Gasteiger partial charge in [-0.3, -0.25) is 4.90 Å². The molecule has 6 heteroatoms. The van der Waals surface area contributed by atoms with Crippen LogP contribution in [0.1, 0.15) is 18.9 Å². The molecule has 0 radical (unpaired) electrons. The van der Waals surface area contributed by atoms with Crippen molar-refractivity contribution in [3.05, 3.63) is 66.3 Å². The fourth-order valence-electron chi connectivity index (χ4n) is 3.32. The van der Waals surface area contributed by atoms with E-state index in [0.29, 0.717) is 17.4 Å². The van der Waals surface area contributed by atoms with Crippen molar-refractivity contribution in [1.29, 1.82) is 0 Å². The monoisotopic (exact) mass is 352 g/mol. The van der Waals surface area contributed by atoms with Crippen molar-refractivity contribution < 1.29 is 8.91 Å². The Labute approximate surface area is 152 Å². The topological polar surface area (TPSA) is 45.4 Å². The van der Waals surface area contributed by atoms with Crippen LogP contribution in [0.25, 0.3) is 11.4 Å². The van der Waals surface area contributed by atoms with Gasteiger partial charge in [0.1, 0.15) is 5.82 Å². The molecule has 0 aliphatic carbocycles. The minimum atomic E-state index is -0.168. The summed E-state index contributed by atoms with van der Waals surface area (Å²) in [5.74, 6) is 1.05. The molecular weight excluding hydrogens is 331 g/mol. The number of anilines is 1. The van der Waals surface area contributed by atoms with Gasteiger partial charge in [-0.05, 0) is 19.1 Å². The minimum absolute atomic E-state index is 0.0303. The van der Waals surface area contributed by atoms with Gasteiger partial charge >= 0.3 is 0 Å². The lowest BCUT2D eigenvalue weighted by atomic mass is 10.2. The van der Waals surface area contributed by atoms with Crippen LogP contribution in [0.4, 0.5) is 10.1 Å². The lowest BCUT2D eigenvalue weighted by molar-refractivity contribution is 0.164. The van der Waals surface area contributed by atoms with Gasteiger partial charge in [0.15, 0.2) is 0 Å². The number of rotatable bonds is 4. The Morgan fingerprint density at radius 1 is 0.962 bits per heavy atom. The maximum Gasteiger partial charge on any atom is 0.244 e. The lowest BCUT2D eigenvalue weighted by Crippen LogP contribution is -2.47. The second-order valence-electron chi connectivity index (χ2n) is 6.47. The van der Waals surface area contributed by atoms with Crippen LogP contribution in [0, 0.1) is 5.82 Å². The van der Waals surface area contributed by atoms with Crippen LogP contribution < -0.4 is 4.90 Å². The quantitative estimate of drug-likeness (QED) is 0.715. The average Bonchev–Trinajstić information content (AvgIpc) is 3.19. The molecule has 0 amide bonds. The molecule has 3 aromatic rings. The van der Waals surface area contributed by atoms with Crippen LogP contribution in [0.15, 0.2) is 59.1 Å². The van der Waals surface area contributed by atoms with Crippen LogP contribution in [-0.2, 0) is 0 Å². The summed E-state index contributed by atoms with van der Waals surface area (Å²) in [6, 6.07) is 16.8. The third kappa shape index (κ3) is 3.32. The number of aromatic nitrogens is 2. The van der Waals surface area contributed by atoms with Crippen LogP contribution in [0.5, 0.6) is 0 Å². The molecular formula is C20H21FN4O. The summed E-state index contributed by atoms with van der Waals surface area (Å²) in [5, 5.41) is 4.10. The lowest BCUT2D eigenvalue weighted by Gasteiger charge is -2.38. The van der Waals surface area contributed by atoms with Crippen molar-refractivity contribution in [2.24, 2.45) is 0 Å². The van der Waals surface area contributed by atoms with Gasteiger partial charge in [-0.2, -0.15) is 4.98 Å². The number of hydrogen-bond donors (Lipinski definition) is 0. The molecule has 134 valence electrons. The van der Waals surface area contributed by atoms with Crippen LogP contribution in [-0.4, -0.2) is 41.2 Å². The maximum absolute atomic E-state index is 14.0. The molecule has 0 N–H and O–H groups in total. The molecule has 0 saturated carbocycles. The molecule has 1 aromatic heterocycles. The van der Waals surface area contributed by atoms with Gasteiger partial charge in [-0.15, -0.1) is 0 Å². The molecule has 1 saturated heterocycles. The predicted molar refractivity (Wildman–Crippen MR) is 98.3 cm³/mol. The van der Waals surface area contributed by atoms with E-state index in [1.54, 1.807) is 6.07 Å². The highest BCUT2D eigenvalue weighted by molar-refractivity contribution is 5.53. The highest BCUT2D eigenvalue weighted by Crippen LogP contribution is 2.26. The molecule has 2 heterocycles. The van der Waals surface area contributed by atoms with E-state index in [2.05, 4.69) is 26.9 Å². The zero-order valence-corrected chi connectivity index (χ0v) is 14.7. The first-order valence-corrected chi connectivity index (χ1v) is 8.85. The molecule has 5 nitrogen and oxygen atoms in total. The van der Waals surface area contributed by atoms with Gasteiger partial charge in [-0.1, -0.05) is 47.6 Å². The normalized spacial score (nSPS) is 16.6. The van der Waals surface area contributed by atoms with Crippen molar-refractivity contribution >= 4 is 5.69 Å². The van der Waals surface area contributed by atoms with E-state index in [-0.39, 0.29) is 11.9 Å². The highest BCUT2D eigenvalue weighted by atomic mass is 19.1. The number of benzene rings is 2. The number of hydrogen-bond acceptors (Lipinski definition) is 5. The van der Waals surface area contributed by atoms with Gasteiger partial charge in [-0.25, -0.2) is 4.39 Å². The van der Waals surface area contributed by atoms with Crippen LogP contribution >= 0.6 is 0 Å². The first-order chi connectivity index (χ1) is 12.7. The summed E-state index contributed by atoms with van der Waals surface area (Å²) in [7, 11) is 0. The van der Waals surface area contributed by atoms with Crippen LogP contribution in [0.2, 0.25) is 0 Å². The van der Waals surface area contributed by atoms with Crippen LogP contribution in [0.3, 0.4) is 0 Å². The Morgan fingerprint density at radius 2 is 1.65 bits per heavy atom. The Hall–Kier alpha value is -2.73. The van der Waals surface area contributed by atoms with E-state index in [0.717, 1.165) is 31.7 Å². The van der Waals surface area contributed by atoms with E-state index in [1.807, 2.05) is 42.5 Å². The molecule has 2 aromatic carbocycles. The number of halogens is 1. The molecule has 1 atom stereocenters. The largest absolute Gasteiger partial charge is 0.367 e. The zero-order chi connectivity index (χ0) is 17.9. The predicted octanol–water partition coefficient (Wildman–Crippen LogP) is 3.76. The van der Waals surface area contributed by atoms with Crippen molar-refractivity contribution in [2.75, 3.05) is 31.1 Å². The van der Waals surface area contributed by atoms with Crippen molar-refractivity contribution in [3.8, 4) is 11.4 Å². The van der Waals surface area contributed by atoms with Gasteiger partial charge in [0.05, 0.1) is 11.7 Å². The smallest absolute Gasteiger partial charge is 0.244 e. The molecule has 1 aliphatic rings. The number of piperazine rings is 1. The van der Waals surface area contributed by atoms with Crippen molar-refractivity contribution in [1.82, 2.24) is 15.0 Å². The molecule has 1 aliphatic heterocycles. The Kier molecular flexibility index (Phi) is 4.67. The summed E-state index contributed by atoms with van der Waals surface area (Å²) in [6.45, 7) is 5.24. The van der Waals surface area contributed by atoms with E-state index < -0.39 is 0 Å². The molecule has 4 rings (SSSR count). The molecule has 0 spiro atoms. The van der Waals surface area contributed by atoms with E-state index >= 15 is 0 Å². The van der Waals surface area contributed by atoms with E-state index in [1.165, 1.54) is 6.07 Å². The standard InChI is InChI=1S/C20H21FN4O/c1-15(20-22-19(23-26-20)16-7-3-2-4-8-16)24-11-13-25(14-12-24)18-10-6-5-9-17(18)21/h2-10,15H,11-14H2,1H3. The van der Waals surface area contributed by atoms with E-state index in [9.17, 15) is 4.39 Å². The Morgan fingerprint density at radius 3 is 2.38 bits per heavy atom. The maximum atomic E-state index is 14.0. The summed E-state index contributed by atoms with van der Waals surface area (Å²) < 4.78 is 19.5. The number of nitrogens with zero attached hydrogens (tertiary/aromatic N) is 4. The molecule has 1 unspecified atom stereocenters. The first kappa shape index (κ1) is 16.7. The third-order valence-electron chi connectivity index (χ3n) is 4.89. The second-order valence-corrected chi connectivity index (χ2v) is 6.47. The fraction of sp³-hybridized carbons (Fsp3) is 0.300. The van der Waals surface area contributed by atoms with Gasteiger partial charge in [0.2, 0.25) is 11.7 Å². The van der Waals surface area contributed by atoms with Gasteiger partial charge in [0, 0.05) is 31.7 Å². The van der Waals surface area contributed by atoms with Crippen molar-refractivity contribution in [2.45, 2.75) is 13.0 Å². The average molecular weight is 352 g/mol. The second kappa shape index (κ2) is 7.25. The Bertz CT molecular complexity index is 859. The molecule has 1 fully saturated rings. The third-order valence-corrected chi connectivity index (χ3v) is 4.89. The fourth-order valence-corrected chi connectivity index (χ4v) is 3.32. The van der Waals surface area contributed by atoms with E-state index in [4.69, 9.17) is 4.52 Å². The first-order valence-electron chi connectivity index (χ1n) is 8.85. The van der Waals surface area contributed by atoms with Gasteiger partial charge < -0.3 is 9.42 Å². The SMILES string of the molecule is CC(c1nc(-c2ccccc2)no1)N1CCN(c2ccccc2F)CC1. The zero-order valence-electron chi connectivity index (χ0n) is 14.7. The summed E-state index contributed by atoms with van der Waals surface area (Å²) in [6.07, 6.45) is 0. The minimum Gasteiger partial charge on any atom is -0.367 e.